The minimum absolute atomic E-state index is 0.0260. The van der Waals surface area contributed by atoms with Crippen molar-refractivity contribution >= 4 is 29.1 Å². The van der Waals surface area contributed by atoms with Crippen molar-refractivity contribution in [2.75, 3.05) is 45.9 Å². The number of aliphatic carboxylic acids is 1. The number of nitrogens with one attached hydrogen (secondary N) is 1. The van der Waals surface area contributed by atoms with Crippen molar-refractivity contribution in [3.8, 4) is 0 Å². The van der Waals surface area contributed by atoms with Crippen LogP contribution in [0.5, 0.6) is 0 Å². The van der Waals surface area contributed by atoms with E-state index in [1.807, 2.05) is 10.3 Å². The lowest BCUT2D eigenvalue weighted by Crippen LogP contribution is -2.54. The van der Waals surface area contributed by atoms with E-state index in [1.165, 1.54) is 17.4 Å². The van der Waals surface area contributed by atoms with Crippen molar-refractivity contribution < 1.29 is 28.9 Å². The Morgan fingerprint density at radius 2 is 2.05 bits per heavy atom. The third-order valence-electron chi connectivity index (χ3n) is 8.10. The van der Waals surface area contributed by atoms with Crippen molar-refractivity contribution in [2.45, 2.75) is 46.1 Å². The lowest BCUT2D eigenvalue weighted by Gasteiger charge is -2.39. The third kappa shape index (κ3) is 5.97. The highest BCUT2D eigenvalue weighted by molar-refractivity contribution is 7.11. The number of amidine groups is 1. The molecule has 0 saturated carbocycles. The smallest absolute Gasteiger partial charge is 0.338 e. The number of ether oxygens (including phenoxy) is 1. The number of halogens is 1. The van der Waals surface area contributed by atoms with Gasteiger partial charge < -0.3 is 20.3 Å². The highest BCUT2D eigenvalue weighted by Gasteiger charge is 2.45. The van der Waals surface area contributed by atoms with Gasteiger partial charge in [-0.3, -0.25) is 24.5 Å². The lowest BCUT2D eigenvalue weighted by atomic mass is 9.92. The van der Waals surface area contributed by atoms with Gasteiger partial charge in [0.25, 0.3) is 0 Å². The van der Waals surface area contributed by atoms with Crippen molar-refractivity contribution in [3.05, 3.63) is 63.0 Å². The number of aliphatic hydroxyl groups is 1. The van der Waals surface area contributed by atoms with Gasteiger partial charge in [0.15, 0.2) is 17.2 Å². The fourth-order valence-corrected chi connectivity index (χ4v) is 6.42. The molecular formula is C29H37FN6O5S. The number of aromatic nitrogens is 1. The van der Waals surface area contributed by atoms with E-state index in [2.05, 4.69) is 15.2 Å². The van der Waals surface area contributed by atoms with Crippen LogP contribution in [0, 0.1) is 18.2 Å². The molecule has 226 valence electrons. The van der Waals surface area contributed by atoms with Gasteiger partial charge >= 0.3 is 11.9 Å². The van der Waals surface area contributed by atoms with E-state index in [0.29, 0.717) is 66.0 Å². The maximum absolute atomic E-state index is 14.7. The summed E-state index contributed by atoms with van der Waals surface area (Å²) in [5.74, 6) is -1.32. The molecule has 3 aliphatic heterocycles. The van der Waals surface area contributed by atoms with E-state index in [1.54, 1.807) is 50.9 Å². The van der Waals surface area contributed by atoms with Crippen molar-refractivity contribution in [3.63, 3.8) is 0 Å². The molecule has 2 aromatic rings. The lowest BCUT2D eigenvalue weighted by molar-refractivity contribution is -0.150. The van der Waals surface area contributed by atoms with Crippen LogP contribution in [0.4, 0.5) is 4.39 Å². The Kier molecular flexibility index (Phi) is 8.76. The zero-order chi connectivity index (χ0) is 30.2. The van der Waals surface area contributed by atoms with Crippen LogP contribution in [0.25, 0.3) is 0 Å². The standard InChI is InChI=1S/C29H37FN6O5S/c1-5-41-26(37)22-21(15-34-10-11-36-18(13-34)14-35(28(36)40)16-29(3,4)27(38)39)32-24(25-31-9-12-42-25)33-23(22)19-7-6-8-20(30)17(19)2/h6-9,12,18,23,28,40H,5,10-11,13-16H2,1-4H3,(H,32,33)(H,38,39)/t18-,23-,28?/m0/s1. The molecule has 0 radical (unpaired) electrons. The van der Waals surface area contributed by atoms with Gasteiger partial charge in [0.2, 0.25) is 0 Å². The van der Waals surface area contributed by atoms with Gasteiger partial charge in [0.1, 0.15) is 11.9 Å². The van der Waals surface area contributed by atoms with Crippen molar-refractivity contribution in [1.82, 2.24) is 25.0 Å². The Morgan fingerprint density at radius 1 is 1.26 bits per heavy atom. The van der Waals surface area contributed by atoms with Crippen molar-refractivity contribution in [2.24, 2.45) is 10.4 Å². The minimum atomic E-state index is -1.00. The molecule has 13 heteroatoms. The molecule has 3 aliphatic rings. The number of hydrogen-bond donors (Lipinski definition) is 3. The highest BCUT2D eigenvalue weighted by Crippen LogP contribution is 2.36. The quantitative estimate of drug-likeness (QED) is 0.368. The Labute approximate surface area is 248 Å². The molecule has 0 spiro atoms. The first-order chi connectivity index (χ1) is 20.0. The fourth-order valence-electron chi connectivity index (χ4n) is 5.83. The number of nitrogens with zero attached hydrogens (tertiary/aromatic N) is 5. The number of carboxylic acids is 1. The van der Waals surface area contributed by atoms with Gasteiger partial charge in [-0.1, -0.05) is 12.1 Å². The summed E-state index contributed by atoms with van der Waals surface area (Å²) in [5, 5.41) is 26.4. The Hall–Kier alpha value is -3.23. The van der Waals surface area contributed by atoms with E-state index in [-0.39, 0.29) is 25.0 Å². The third-order valence-corrected chi connectivity index (χ3v) is 8.88. The second-order valence-corrected chi connectivity index (χ2v) is 12.4. The molecule has 5 rings (SSSR count). The number of thiazole rings is 1. The maximum Gasteiger partial charge on any atom is 0.338 e. The van der Waals surface area contributed by atoms with Gasteiger partial charge in [0, 0.05) is 62.6 Å². The average molecular weight is 601 g/mol. The summed E-state index contributed by atoms with van der Waals surface area (Å²) in [5.41, 5.74) is 0.913. The highest BCUT2D eigenvalue weighted by atomic mass is 32.1. The van der Waals surface area contributed by atoms with Crippen LogP contribution in [-0.4, -0.2) is 106 Å². The molecule has 1 unspecified atom stereocenters. The summed E-state index contributed by atoms with van der Waals surface area (Å²) < 4.78 is 20.2. The number of aliphatic hydroxyl groups excluding tert-OH is 1. The number of benzene rings is 1. The SMILES string of the molecule is CCOC(=O)C1=C(CN2CCN3C(O)N(CC(C)(C)C(=O)O)C[C@@H]3C2)NC(c2nccs2)=N[C@H]1c1cccc(F)c1C. The van der Waals surface area contributed by atoms with Crippen LogP contribution in [0.1, 0.15) is 42.9 Å². The van der Waals surface area contributed by atoms with E-state index < -0.39 is 29.7 Å². The molecule has 3 N–H and O–H groups in total. The number of carboxylic acid groups (broad SMARTS) is 1. The number of fused-ring (bicyclic) bond motifs is 1. The molecule has 4 heterocycles. The molecule has 42 heavy (non-hydrogen) atoms. The summed E-state index contributed by atoms with van der Waals surface area (Å²) in [4.78, 5) is 40.4. The van der Waals surface area contributed by atoms with Crippen LogP contribution in [-0.2, 0) is 14.3 Å². The number of piperazine rings is 1. The van der Waals surface area contributed by atoms with Crippen LogP contribution in [0.2, 0.25) is 0 Å². The Bertz CT molecular complexity index is 1400. The van der Waals surface area contributed by atoms with Crippen LogP contribution in [0.3, 0.4) is 0 Å². The molecule has 2 fully saturated rings. The molecule has 1 aromatic heterocycles. The summed E-state index contributed by atoms with van der Waals surface area (Å²) in [6, 6.07) is 3.96. The molecule has 1 aromatic carbocycles. The van der Waals surface area contributed by atoms with Gasteiger partial charge in [-0.25, -0.2) is 14.2 Å². The van der Waals surface area contributed by atoms with E-state index in [9.17, 15) is 24.2 Å². The van der Waals surface area contributed by atoms with E-state index >= 15 is 0 Å². The first-order valence-electron chi connectivity index (χ1n) is 14.0. The maximum atomic E-state index is 14.7. The second kappa shape index (κ2) is 12.2. The normalized spacial score (nSPS) is 23.9. The van der Waals surface area contributed by atoms with E-state index in [4.69, 9.17) is 9.73 Å². The summed E-state index contributed by atoms with van der Waals surface area (Å²) in [6.45, 7) is 9.77. The number of carbonyl (C=O) groups excluding carboxylic acids is 1. The van der Waals surface area contributed by atoms with Crippen LogP contribution < -0.4 is 5.32 Å². The topological polar surface area (TPSA) is 131 Å². The second-order valence-electron chi connectivity index (χ2n) is 11.5. The number of rotatable bonds is 9. The number of hydrogen-bond acceptors (Lipinski definition) is 11. The van der Waals surface area contributed by atoms with E-state index in [0.717, 1.165) is 0 Å². The molecule has 0 bridgehead atoms. The molecule has 3 atom stereocenters. The first kappa shape index (κ1) is 30.2. The Morgan fingerprint density at radius 3 is 2.74 bits per heavy atom. The predicted molar refractivity (Wildman–Crippen MR) is 155 cm³/mol. The van der Waals surface area contributed by atoms with Crippen molar-refractivity contribution in [1.29, 1.82) is 0 Å². The van der Waals surface area contributed by atoms with Gasteiger partial charge in [0.05, 0.1) is 17.6 Å². The zero-order valence-corrected chi connectivity index (χ0v) is 25.0. The Balaban J connectivity index is 1.45. The molecule has 0 aliphatic carbocycles. The molecule has 11 nitrogen and oxygen atoms in total. The van der Waals surface area contributed by atoms with Gasteiger partial charge in [-0.15, -0.1) is 11.3 Å². The number of esters is 1. The number of carbonyl (C=O) groups is 2. The summed E-state index contributed by atoms with van der Waals surface area (Å²) in [6.07, 6.45) is 0.820. The molecule has 0 amide bonds. The van der Waals surface area contributed by atoms with Gasteiger partial charge in [-0.2, -0.15) is 0 Å². The largest absolute Gasteiger partial charge is 0.481 e. The van der Waals surface area contributed by atoms with Gasteiger partial charge in [-0.05, 0) is 44.9 Å². The first-order valence-corrected chi connectivity index (χ1v) is 14.9. The zero-order valence-electron chi connectivity index (χ0n) is 24.2. The average Bonchev–Trinajstić information content (AvgIpc) is 3.58. The molecule has 2 saturated heterocycles. The predicted octanol–water partition coefficient (Wildman–Crippen LogP) is 2.19. The monoisotopic (exact) mass is 600 g/mol. The van der Waals surface area contributed by atoms with Crippen LogP contribution >= 0.6 is 11.3 Å². The summed E-state index contributed by atoms with van der Waals surface area (Å²) in [7, 11) is 0. The fraction of sp³-hybridized carbons (Fsp3) is 0.517. The minimum Gasteiger partial charge on any atom is -0.481 e. The van der Waals surface area contributed by atoms with Crippen LogP contribution in [0.15, 0.2) is 46.0 Å². The summed E-state index contributed by atoms with van der Waals surface area (Å²) >= 11 is 1.41. The number of aliphatic imine (C=N–C) groups is 1. The molecular weight excluding hydrogens is 563 g/mol.